The smallest absolute Gasteiger partial charge is 0.243 e. The third kappa shape index (κ3) is 5.71. The predicted molar refractivity (Wildman–Crippen MR) is 166 cm³/mol. The first-order valence-electron chi connectivity index (χ1n) is 13.6. The first kappa shape index (κ1) is 28.2. The van der Waals surface area contributed by atoms with Gasteiger partial charge in [-0.15, -0.1) is 22.7 Å². The molecule has 3 aromatic heterocycles. The molecule has 6 rings (SSSR count). The molecule has 0 unspecified atom stereocenters. The summed E-state index contributed by atoms with van der Waals surface area (Å²) in [5, 5.41) is 11.9. The Kier molecular flexibility index (Phi) is 8.38. The summed E-state index contributed by atoms with van der Waals surface area (Å²) in [4.78, 5) is 21.9. The average molecular weight is 601 g/mol. The van der Waals surface area contributed by atoms with Crippen LogP contribution in [-0.4, -0.2) is 42.7 Å². The van der Waals surface area contributed by atoms with Gasteiger partial charge in [-0.3, -0.25) is 4.79 Å². The molecule has 0 bridgehead atoms. The highest BCUT2D eigenvalue weighted by molar-refractivity contribution is 7.18. The number of ether oxygens (including phenoxy) is 2. The van der Waals surface area contributed by atoms with E-state index in [9.17, 15) is 9.18 Å². The number of benzene rings is 2. The molecule has 4 heterocycles. The van der Waals surface area contributed by atoms with Crippen LogP contribution < -0.4 is 15.4 Å². The summed E-state index contributed by atoms with van der Waals surface area (Å²) >= 11 is 3.06. The number of amides is 1. The van der Waals surface area contributed by atoms with Gasteiger partial charge >= 0.3 is 0 Å². The zero-order valence-corrected chi connectivity index (χ0v) is 24.7. The molecule has 2 N–H and O–H groups in total. The Labute approximate surface area is 251 Å². The van der Waals surface area contributed by atoms with Crippen LogP contribution in [-0.2, 0) is 29.0 Å². The lowest BCUT2D eigenvalue weighted by atomic mass is 9.94. The maximum Gasteiger partial charge on any atom is 0.243 e. The summed E-state index contributed by atoms with van der Waals surface area (Å²) in [6.07, 6.45) is 2.20. The van der Waals surface area contributed by atoms with Crippen LogP contribution in [0.15, 0.2) is 65.9 Å². The van der Waals surface area contributed by atoms with Crippen molar-refractivity contribution in [2.24, 2.45) is 0 Å². The lowest BCUT2D eigenvalue weighted by molar-refractivity contribution is -0.116. The second-order valence-corrected chi connectivity index (χ2v) is 11.6. The molecule has 0 saturated heterocycles. The lowest BCUT2D eigenvalue weighted by Crippen LogP contribution is -2.23. The van der Waals surface area contributed by atoms with Crippen molar-refractivity contribution < 1.29 is 18.7 Å². The second-order valence-electron chi connectivity index (χ2n) is 9.81. The number of carbonyl (C=O) groups is 1. The van der Waals surface area contributed by atoms with E-state index in [1.54, 1.807) is 24.5 Å². The van der Waals surface area contributed by atoms with E-state index in [0.29, 0.717) is 28.8 Å². The Hall–Kier alpha value is -3.96. The fraction of sp³-hybridized carbons (Fsp3) is 0.219. The molecule has 7 nitrogen and oxygen atoms in total. The molecule has 42 heavy (non-hydrogen) atoms. The average Bonchev–Trinajstić information content (AvgIpc) is 3.70. The van der Waals surface area contributed by atoms with E-state index in [1.165, 1.54) is 40.7 Å². The highest BCUT2D eigenvalue weighted by atomic mass is 32.1. The number of halogens is 1. The SMILES string of the molecule is C=CC(=O)NCc1csc(-c2nc(-c3ccc4c(c3)CCNC4)c3ccsc3c2-c2ccc(F)cc2OCCOC)n1. The van der Waals surface area contributed by atoms with Crippen LogP contribution in [0.2, 0.25) is 0 Å². The van der Waals surface area contributed by atoms with Crippen LogP contribution in [0.5, 0.6) is 5.75 Å². The van der Waals surface area contributed by atoms with Gasteiger partial charge < -0.3 is 20.1 Å². The second kappa shape index (κ2) is 12.5. The van der Waals surface area contributed by atoms with Gasteiger partial charge in [0.05, 0.1) is 24.5 Å². The third-order valence-corrected chi connectivity index (χ3v) is 8.95. The first-order chi connectivity index (χ1) is 20.6. The number of pyridine rings is 1. The molecule has 1 amide bonds. The standard InChI is InChI=1S/C32H29FN4O3S2/c1-3-27(38)35-17-23-18-42-32(36-23)30-28(24-7-6-22(33)15-26(24)40-12-11-39-2)31-25(9-13-41-31)29(37-30)20-4-5-21-16-34-10-8-19(21)14-20/h3-7,9,13-15,18,34H,1,8,10-12,16-17H2,2H3,(H,35,38). The highest BCUT2D eigenvalue weighted by Crippen LogP contribution is 2.46. The van der Waals surface area contributed by atoms with Crippen LogP contribution in [0.3, 0.4) is 0 Å². The van der Waals surface area contributed by atoms with E-state index in [2.05, 4.69) is 46.9 Å². The van der Waals surface area contributed by atoms with E-state index < -0.39 is 5.82 Å². The summed E-state index contributed by atoms with van der Waals surface area (Å²) in [6.45, 7) is 6.23. The molecule has 0 aliphatic carbocycles. The number of hydrogen-bond acceptors (Lipinski definition) is 8. The molecule has 0 fully saturated rings. The zero-order chi connectivity index (χ0) is 29.1. The number of nitrogens with one attached hydrogen (secondary N) is 2. The van der Waals surface area contributed by atoms with Gasteiger partial charge in [0.15, 0.2) is 0 Å². The first-order valence-corrected chi connectivity index (χ1v) is 15.3. The van der Waals surface area contributed by atoms with E-state index in [1.807, 2.05) is 5.38 Å². The van der Waals surface area contributed by atoms with Crippen LogP contribution in [0.4, 0.5) is 4.39 Å². The predicted octanol–water partition coefficient (Wildman–Crippen LogP) is 6.37. The van der Waals surface area contributed by atoms with Crippen molar-refractivity contribution >= 4 is 38.7 Å². The van der Waals surface area contributed by atoms with E-state index in [0.717, 1.165) is 52.0 Å². The van der Waals surface area contributed by atoms with Crippen molar-refractivity contribution in [3.05, 3.63) is 88.5 Å². The molecule has 214 valence electrons. The fourth-order valence-electron chi connectivity index (χ4n) is 5.08. The number of hydrogen-bond donors (Lipinski definition) is 2. The number of methoxy groups -OCH3 is 1. The molecule has 0 spiro atoms. The molecule has 0 saturated carbocycles. The lowest BCUT2D eigenvalue weighted by Gasteiger charge is -2.19. The molecule has 1 aliphatic rings. The molecule has 1 aliphatic heterocycles. The Morgan fingerprint density at radius 1 is 1.12 bits per heavy atom. The summed E-state index contributed by atoms with van der Waals surface area (Å²) in [6, 6.07) is 13.2. The molecular weight excluding hydrogens is 572 g/mol. The summed E-state index contributed by atoms with van der Waals surface area (Å²) in [5.41, 5.74) is 7.47. The topological polar surface area (TPSA) is 85.4 Å². The Balaban J connectivity index is 1.55. The van der Waals surface area contributed by atoms with Crippen molar-refractivity contribution in [2.75, 3.05) is 26.9 Å². The van der Waals surface area contributed by atoms with Crippen LogP contribution >= 0.6 is 22.7 Å². The number of carbonyl (C=O) groups excluding carboxylic acids is 1. The minimum Gasteiger partial charge on any atom is -0.490 e. The molecule has 2 aromatic carbocycles. The maximum absolute atomic E-state index is 14.5. The highest BCUT2D eigenvalue weighted by Gasteiger charge is 2.24. The minimum atomic E-state index is -0.391. The minimum absolute atomic E-state index is 0.266. The number of thiazole rings is 1. The van der Waals surface area contributed by atoms with Gasteiger partial charge in [0, 0.05) is 51.9 Å². The summed E-state index contributed by atoms with van der Waals surface area (Å²) < 4.78 is 26.7. The fourth-order valence-corrected chi connectivity index (χ4v) is 6.85. The Morgan fingerprint density at radius 3 is 2.88 bits per heavy atom. The van der Waals surface area contributed by atoms with Crippen molar-refractivity contribution in [3.8, 4) is 38.8 Å². The van der Waals surface area contributed by atoms with E-state index >= 15 is 0 Å². The summed E-state index contributed by atoms with van der Waals surface area (Å²) in [5.74, 6) is -0.246. The van der Waals surface area contributed by atoms with E-state index in [-0.39, 0.29) is 19.1 Å². The zero-order valence-electron chi connectivity index (χ0n) is 23.0. The van der Waals surface area contributed by atoms with Crippen LogP contribution in [0.1, 0.15) is 16.8 Å². The normalized spacial score (nSPS) is 12.7. The molecular formula is C32H29FN4O3S2. The number of rotatable bonds is 10. The van der Waals surface area contributed by atoms with Gasteiger partial charge in [0.25, 0.3) is 0 Å². The maximum atomic E-state index is 14.5. The quantitative estimate of drug-likeness (QED) is 0.143. The van der Waals surface area contributed by atoms with Crippen molar-refractivity contribution in [1.29, 1.82) is 0 Å². The molecule has 10 heteroatoms. The third-order valence-electron chi connectivity index (χ3n) is 7.12. The van der Waals surface area contributed by atoms with Crippen molar-refractivity contribution in [3.63, 3.8) is 0 Å². The van der Waals surface area contributed by atoms with Gasteiger partial charge in [0.1, 0.15) is 28.9 Å². The number of aromatic nitrogens is 2. The van der Waals surface area contributed by atoms with Gasteiger partial charge in [-0.05, 0) is 59.8 Å². The van der Waals surface area contributed by atoms with E-state index in [4.69, 9.17) is 19.4 Å². The van der Waals surface area contributed by atoms with Gasteiger partial charge in [-0.2, -0.15) is 0 Å². The van der Waals surface area contributed by atoms with Gasteiger partial charge in [0.2, 0.25) is 5.91 Å². The Morgan fingerprint density at radius 2 is 2.02 bits per heavy atom. The van der Waals surface area contributed by atoms with Crippen LogP contribution in [0.25, 0.3) is 43.2 Å². The monoisotopic (exact) mass is 600 g/mol. The number of nitrogens with zero attached hydrogens (tertiary/aromatic N) is 2. The van der Waals surface area contributed by atoms with Crippen molar-refractivity contribution in [2.45, 2.75) is 19.5 Å². The van der Waals surface area contributed by atoms with Crippen molar-refractivity contribution in [1.82, 2.24) is 20.6 Å². The molecule has 5 aromatic rings. The number of fused-ring (bicyclic) bond motifs is 2. The van der Waals surface area contributed by atoms with Crippen LogP contribution in [0, 0.1) is 5.82 Å². The Bertz CT molecular complexity index is 1780. The number of thiophene rings is 1. The molecule has 0 radical (unpaired) electrons. The van der Waals surface area contributed by atoms with Gasteiger partial charge in [-0.1, -0.05) is 18.7 Å². The largest absolute Gasteiger partial charge is 0.490 e. The molecule has 0 atom stereocenters. The summed E-state index contributed by atoms with van der Waals surface area (Å²) in [7, 11) is 1.60. The van der Waals surface area contributed by atoms with Gasteiger partial charge in [-0.25, -0.2) is 14.4 Å².